The second-order valence-corrected chi connectivity index (χ2v) is 4.24. The van der Waals surface area contributed by atoms with E-state index in [4.69, 9.17) is 17.3 Å². The molecular formula is C12H12ClN5O. The molecule has 0 aliphatic carbocycles. The number of aryl methyl sites for hydroxylation is 1. The molecule has 3 N–H and O–H groups in total. The second-order valence-electron chi connectivity index (χ2n) is 3.88. The monoisotopic (exact) mass is 277 g/mol. The molecule has 0 unspecified atom stereocenters. The van der Waals surface area contributed by atoms with E-state index in [0.717, 1.165) is 0 Å². The number of nitrogen functional groups attached to an aromatic ring is 1. The predicted molar refractivity (Wildman–Crippen MR) is 71.6 cm³/mol. The molecule has 0 bridgehead atoms. The van der Waals surface area contributed by atoms with Crippen molar-refractivity contribution >= 4 is 23.2 Å². The van der Waals surface area contributed by atoms with E-state index in [1.165, 1.54) is 12.3 Å². The maximum atomic E-state index is 11.9. The van der Waals surface area contributed by atoms with Crippen LogP contribution in [0.2, 0.25) is 5.15 Å². The third-order valence-corrected chi connectivity index (χ3v) is 2.67. The van der Waals surface area contributed by atoms with Crippen molar-refractivity contribution in [1.82, 2.24) is 20.3 Å². The van der Waals surface area contributed by atoms with E-state index in [0.29, 0.717) is 17.2 Å². The van der Waals surface area contributed by atoms with Crippen molar-refractivity contribution in [1.29, 1.82) is 0 Å². The van der Waals surface area contributed by atoms with Crippen LogP contribution in [0.5, 0.6) is 0 Å². The number of rotatable bonds is 3. The van der Waals surface area contributed by atoms with Crippen molar-refractivity contribution in [3.63, 3.8) is 0 Å². The average Bonchev–Trinajstić information content (AvgIpc) is 2.39. The summed E-state index contributed by atoms with van der Waals surface area (Å²) >= 11 is 5.84. The van der Waals surface area contributed by atoms with Crippen LogP contribution in [0.4, 0.5) is 5.69 Å². The van der Waals surface area contributed by atoms with Gasteiger partial charge >= 0.3 is 0 Å². The molecule has 0 spiro atoms. The van der Waals surface area contributed by atoms with Gasteiger partial charge in [0.05, 0.1) is 29.7 Å². The number of amides is 1. The van der Waals surface area contributed by atoms with Crippen molar-refractivity contribution in [2.24, 2.45) is 0 Å². The number of aromatic nitrogens is 3. The van der Waals surface area contributed by atoms with E-state index < -0.39 is 0 Å². The molecule has 7 heteroatoms. The van der Waals surface area contributed by atoms with Gasteiger partial charge in [-0.3, -0.25) is 4.79 Å². The van der Waals surface area contributed by atoms with Crippen LogP contribution in [0.3, 0.4) is 0 Å². The van der Waals surface area contributed by atoms with E-state index in [2.05, 4.69) is 20.3 Å². The molecule has 0 saturated carbocycles. The summed E-state index contributed by atoms with van der Waals surface area (Å²) in [6, 6.07) is 3.21. The summed E-state index contributed by atoms with van der Waals surface area (Å²) in [5, 5.41) is 2.82. The number of anilines is 1. The number of pyridine rings is 1. The van der Waals surface area contributed by atoms with Crippen LogP contribution in [0.15, 0.2) is 24.5 Å². The molecule has 19 heavy (non-hydrogen) atoms. The minimum absolute atomic E-state index is 0.116. The number of carbonyl (C=O) groups excluding carboxylic acids is 1. The molecule has 0 atom stereocenters. The summed E-state index contributed by atoms with van der Waals surface area (Å²) < 4.78 is 0. The van der Waals surface area contributed by atoms with Crippen LogP contribution >= 0.6 is 11.6 Å². The van der Waals surface area contributed by atoms with Gasteiger partial charge in [0.25, 0.3) is 5.91 Å². The molecule has 2 aromatic heterocycles. The van der Waals surface area contributed by atoms with Crippen LogP contribution in [0, 0.1) is 6.92 Å². The Labute approximate surface area is 115 Å². The van der Waals surface area contributed by atoms with E-state index in [9.17, 15) is 4.79 Å². The first-order valence-corrected chi connectivity index (χ1v) is 5.92. The van der Waals surface area contributed by atoms with Crippen molar-refractivity contribution in [2.45, 2.75) is 13.5 Å². The number of hydrogen-bond acceptors (Lipinski definition) is 5. The van der Waals surface area contributed by atoms with E-state index in [-0.39, 0.29) is 23.2 Å². The van der Waals surface area contributed by atoms with Crippen LogP contribution < -0.4 is 11.1 Å². The first-order valence-electron chi connectivity index (χ1n) is 5.54. The Bertz CT molecular complexity index is 617. The maximum Gasteiger partial charge on any atom is 0.254 e. The number of nitrogens with zero attached hydrogens (tertiary/aromatic N) is 3. The summed E-state index contributed by atoms with van der Waals surface area (Å²) in [6.45, 7) is 2.07. The highest BCUT2D eigenvalue weighted by Crippen LogP contribution is 2.15. The lowest BCUT2D eigenvalue weighted by Crippen LogP contribution is -2.24. The standard InChI is InChI=1S/C12H12ClN5O/c1-7-15-3-2-9(18-7)6-17-12(19)10-4-8(14)5-16-11(10)13/h2-5H,6,14H2,1H3,(H,17,19). The smallest absolute Gasteiger partial charge is 0.254 e. The van der Waals surface area contributed by atoms with Gasteiger partial charge in [0, 0.05) is 6.20 Å². The first-order chi connectivity index (χ1) is 9.06. The zero-order chi connectivity index (χ0) is 13.8. The van der Waals surface area contributed by atoms with Gasteiger partial charge < -0.3 is 11.1 Å². The Hall–Kier alpha value is -2.21. The molecule has 0 aliphatic rings. The van der Waals surface area contributed by atoms with Gasteiger partial charge in [0.2, 0.25) is 0 Å². The summed E-state index contributed by atoms with van der Waals surface area (Å²) in [7, 11) is 0. The Morgan fingerprint density at radius 2 is 2.26 bits per heavy atom. The summed E-state index contributed by atoms with van der Waals surface area (Å²) in [5.74, 6) is 0.302. The molecule has 0 radical (unpaired) electrons. The van der Waals surface area contributed by atoms with Gasteiger partial charge in [-0.25, -0.2) is 15.0 Å². The summed E-state index contributed by atoms with van der Waals surface area (Å²) in [6.07, 6.45) is 3.03. The third kappa shape index (κ3) is 3.38. The molecule has 2 aromatic rings. The molecule has 6 nitrogen and oxygen atoms in total. The molecular weight excluding hydrogens is 266 g/mol. The van der Waals surface area contributed by atoms with Crippen molar-refractivity contribution in [2.75, 3.05) is 5.73 Å². The van der Waals surface area contributed by atoms with Gasteiger partial charge in [-0.15, -0.1) is 0 Å². The quantitative estimate of drug-likeness (QED) is 0.826. The summed E-state index contributed by atoms with van der Waals surface area (Å²) in [4.78, 5) is 23.9. The Kier molecular flexibility index (Phi) is 3.91. The van der Waals surface area contributed by atoms with Gasteiger partial charge in [0.1, 0.15) is 11.0 Å². The minimum atomic E-state index is -0.346. The highest BCUT2D eigenvalue weighted by molar-refractivity contribution is 6.32. The molecule has 2 heterocycles. The molecule has 0 fully saturated rings. The van der Waals surface area contributed by atoms with Crippen molar-refractivity contribution in [3.8, 4) is 0 Å². The van der Waals surface area contributed by atoms with E-state index in [1.54, 1.807) is 19.2 Å². The SMILES string of the molecule is Cc1nccc(CNC(=O)c2cc(N)cnc2Cl)n1. The average molecular weight is 278 g/mol. The second kappa shape index (κ2) is 5.62. The molecule has 1 amide bonds. The van der Waals surface area contributed by atoms with E-state index in [1.807, 2.05) is 0 Å². The topological polar surface area (TPSA) is 93.8 Å². The molecule has 0 aromatic carbocycles. The van der Waals surface area contributed by atoms with Gasteiger partial charge in [-0.05, 0) is 19.1 Å². The van der Waals surface area contributed by atoms with Crippen LogP contribution in [0.25, 0.3) is 0 Å². The van der Waals surface area contributed by atoms with Gasteiger partial charge in [-0.2, -0.15) is 0 Å². The number of nitrogens with two attached hydrogens (primary N) is 1. The predicted octanol–water partition coefficient (Wildman–Crippen LogP) is 1.35. The Balaban J connectivity index is 2.07. The van der Waals surface area contributed by atoms with Gasteiger partial charge in [0.15, 0.2) is 0 Å². The minimum Gasteiger partial charge on any atom is -0.397 e. The molecule has 0 aliphatic heterocycles. The summed E-state index contributed by atoms with van der Waals surface area (Å²) in [5.41, 5.74) is 6.91. The fourth-order valence-corrected chi connectivity index (χ4v) is 1.68. The first kappa shape index (κ1) is 13.2. The van der Waals surface area contributed by atoms with Gasteiger partial charge in [-0.1, -0.05) is 11.6 Å². The number of hydrogen-bond donors (Lipinski definition) is 2. The zero-order valence-corrected chi connectivity index (χ0v) is 11.0. The lowest BCUT2D eigenvalue weighted by Gasteiger charge is -2.06. The maximum absolute atomic E-state index is 11.9. The van der Waals surface area contributed by atoms with E-state index >= 15 is 0 Å². The highest BCUT2D eigenvalue weighted by Gasteiger charge is 2.11. The Morgan fingerprint density at radius 1 is 1.47 bits per heavy atom. The fourth-order valence-electron chi connectivity index (χ4n) is 1.49. The number of halogens is 1. The number of carbonyl (C=O) groups is 1. The number of nitrogens with one attached hydrogen (secondary N) is 1. The lowest BCUT2D eigenvalue weighted by molar-refractivity contribution is 0.0950. The van der Waals surface area contributed by atoms with Crippen molar-refractivity contribution < 1.29 is 4.79 Å². The third-order valence-electron chi connectivity index (χ3n) is 2.37. The molecule has 2 rings (SSSR count). The molecule has 98 valence electrons. The Morgan fingerprint density at radius 3 is 3.00 bits per heavy atom. The fraction of sp³-hybridized carbons (Fsp3) is 0.167. The van der Waals surface area contributed by atoms with Crippen LogP contribution in [0.1, 0.15) is 21.9 Å². The van der Waals surface area contributed by atoms with Crippen LogP contribution in [-0.4, -0.2) is 20.9 Å². The van der Waals surface area contributed by atoms with Crippen molar-refractivity contribution in [3.05, 3.63) is 46.8 Å². The molecule has 0 saturated heterocycles. The zero-order valence-electron chi connectivity index (χ0n) is 10.2. The lowest BCUT2D eigenvalue weighted by atomic mass is 10.2. The normalized spacial score (nSPS) is 10.2. The highest BCUT2D eigenvalue weighted by atomic mass is 35.5. The largest absolute Gasteiger partial charge is 0.397 e. The van der Waals surface area contributed by atoms with Crippen LogP contribution in [-0.2, 0) is 6.54 Å².